The first-order valence-electron chi connectivity index (χ1n) is 5.43. The van der Waals surface area contributed by atoms with Crippen LogP contribution in [0.15, 0.2) is 24.5 Å². The molecule has 1 rings (SSSR count). The number of hydrogen-bond donors (Lipinski definition) is 1. The smallest absolute Gasteiger partial charge is 0.216 e. The van der Waals surface area contributed by atoms with Gasteiger partial charge in [-0.1, -0.05) is 19.1 Å². The van der Waals surface area contributed by atoms with Gasteiger partial charge in [0.05, 0.1) is 18.8 Å². The van der Waals surface area contributed by atoms with Crippen LogP contribution in [0.2, 0.25) is 0 Å². The van der Waals surface area contributed by atoms with Crippen LogP contribution >= 0.6 is 0 Å². The molecule has 1 N–H and O–H groups in total. The second-order valence-corrected chi connectivity index (χ2v) is 3.72. The fraction of sp³-hybridized carbons (Fsp3) is 0.500. The Morgan fingerprint density at radius 1 is 1.56 bits per heavy atom. The molecule has 1 aromatic rings. The zero-order valence-electron chi connectivity index (χ0n) is 10.2. The van der Waals surface area contributed by atoms with Crippen LogP contribution in [-0.4, -0.2) is 23.6 Å². The first-order valence-corrected chi connectivity index (χ1v) is 5.43. The van der Waals surface area contributed by atoms with Crippen molar-refractivity contribution in [3.05, 3.63) is 30.2 Å². The molecule has 0 aliphatic carbocycles. The van der Waals surface area contributed by atoms with E-state index < -0.39 is 0 Å². The van der Waals surface area contributed by atoms with E-state index in [4.69, 9.17) is 4.74 Å². The zero-order valence-corrected chi connectivity index (χ0v) is 10.2. The van der Waals surface area contributed by atoms with E-state index in [1.165, 1.54) is 6.33 Å². The van der Waals surface area contributed by atoms with Crippen molar-refractivity contribution in [1.82, 2.24) is 15.3 Å². The Bertz CT molecular complexity index is 352. The Morgan fingerprint density at radius 3 is 2.88 bits per heavy atom. The molecule has 4 heteroatoms. The third-order valence-corrected chi connectivity index (χ3v) is 2.26. The quantitative estimate of drug-likeness (QED) is 0.747. The molecular weight excluding hydrogens is 202 g/mol. The van der Waals surface area contributed by atoms with E-state index in [1.54, 1.807) is 7.11 Å². The van der Waals surface area contributed by atoms with Crippen LogP contribution in [0, 0.1) is 0 Å². The van der Waals surface area contributed by atoms with E-state index in [0.29, 0.717) is 5.88 Å². The molecular formula is C12H19N3O. The summed E-state index contributed by atoms with van der Waals surface area (Å²) in [6, 6.07) is 1.90. The fourth-order valence-electron chi connectivity index (χ4n) is 1.44. The standard InChI is InChI=1S/C12H19N3O/c1-5-6-13-12(9(2)3)10-7-11(16-4)15-8-14-10/h7-8,12-13H,2,5-6H2,1,3-4H3. The van der Waals surface area contributed by atoms with Crippen molar-refractivity contribution in [2.24, 2.45) is 0 Å². The van der Waals surface area contributed by atoms with Gasteiger partial charge in [0, 0.05) is 6.07 Å². The summed E-state index contributed by atoms with van der Waals surface area (Å²) in [5.74, 6) is 0.578. The fourth-order valence-corrected chi connectivity index (χ4v) is 1.44. The Balaban J connectivity index is 2.87. The predicted molar refractivity (Wildman–Crippen MR) is 64.4 cm³/mol. The molecule has 0 radical (unpaired) electrons. The van der Waals surface area contributed by atoms with E-state index in [1.807, 2.05) is 13.0 Å². The summed E-state index contributed by atoms with van der Waals surface area (Å²) in [5.41, 5.74) is 1.93. The highest BCUT2D eigenvalue weighted by molar-refractivity contribution is 5.23. The van der Waals surface area contributed by atoms with Gasteiger partial charge in [-0.15, -0.1) is 0 Å². The minimum Gasteiger partial charge on any atom is -0.481 e. The van der Waals surface area contributed by atoms with E-state index in [2.05, 4.69) is 28.8 Å². The predicted octanol–water partition coefficient (Wildman–Crippen LogP) is 2.10. The lowest BCUT2D eigenvalue weighted by Gasteiger charge is -2.18. The molecule has 0 aliphatic heterocycles. The van der Waals surface area contributed by atoms with Crippen LogP contribution in [0.1, 0.15) is 32.0 Å². The Morgan fingerprint density at radius 2 is 2.31 bits per heavy atom. The molecule has 1 aromatic heterocycles. The molecule has 0 aliphatic rings. The van der Waals surface area contributed by atoms with Crippen LogP contribution in [0.5, 0.6) is 5.88 Å². The molecule has 0 fully saturated rings. The van der Waals surface area contributed by atoms with Crippen molar-refractivity contribution in [3.63, 3.8) is 0 Å². The molecule has 0 saturated carbocycles. The normalized spacial score (nSPS) is 12.2. The van der Waals surface area contributed by atoms with Gasteiger partial charge in [-0.2, -0.15) is 0 Å². The van der Waals surface area contributed by atoms with Gasteiger partial charge in [-0.25, -0.2) is 9.97 Å². The largest absolute Gasteiger partial charge is 0.481 e. The van der Waals surface area contributed by atoms with Gasteiger partial charge in [-0.3, -0.25) is 0 Å². The first-order chi connectivity index (χ1) is 7.69. The van der Waals surface area contributed by atoms with Crippen LogP contribution < -0.4 is 10.1 Å². The molecule has 1 atom stereocenters. The molecule has 0 aromatic carbocycles. The molecule has 0 amide bonds. The SMILES string of the molecule is C=C(C)C(NCCC)c1cc(OC)ncn1. The Labute approximate surface area is 96.8 Å². The van der Waals surface area contributed by atoms with Gasteiger partial charge in [0.15, 0.2) is 0 Å². The number of ether oxygens (including phenoxy) is 1. The van der Waals surface area contributed by atoms with Gasteiger partial charge < -0.3 is 10.1 Å². The topological polar surface area (TPSA) is 47.0 Å². The highest BCUT2D eigenvalue weighted by Gasteiger charge is 2.13. The molecule has 16 heavy (non-hydrogen) atoms. The van der Waals surface area contributed by atoms with Crippen molar-refractivity contribution in [2.45, 2.75) is 26.3 Å². The Kier molecular flexibility index (Phi) is 4.92. The molecule has 4 nitrogen and oxygen atoms in total. The summed E-state index contributed by atoms with van der Waals surface area (Å²) < 4.78 is 5.08. The second kappa shape index (κ2) is 6.23. The van der Waals surface area contributed by atoms with Crippen molar-refractivity contribution >= 4 is 0 Å². The number of rotatable bonds is 6. The minimum atomic E-state index is 0.0665. The summed E-state index contributed by atoms with van der Waals surface area (Å²) in [6.07, 6.45) is 2.59. The van der Waals surface area contributed by atoms with Gasteiger partial charge in [0.1, 0.15) is 6.33 Å². The lowest BCUT2D eigenvalue weighted by Crippen LogP contribution is -2.23. The molecule has 0 spiro atoms. The summed E-state index contributed by atoms with van der Waals surface area (Å²) in [4.78, 5) is 8.24. The van der Waals surface area contributed by atoms with Gasteiger partial charge >= 0.3 is 0 Å². The van der Waals surface area contributed by atoms with E-state index in [-0.39, 0.29) is 6.04 Å². The summed E-state index contributed by atoms with van der Waals surface area (Å²) in [7, 11) is 1.60. The molecule has 88 valence electrons. The van der Waals surface area contributed by atoms with Crippen LogP contribution in [0.4, 0.5) is 0 Å². The third kappa shape index (κ3) is 3.31. The van der Waals surface area contributed by atoms with Crippen molar-refractivity contribution in [3.8, 4) is 5.88 Å². The first kappa shape index (κ1) is 12.6. The number of hydrogen-bond acceptors (Lipinski definition) is 4. The third-order valence-electron chi connectivity index (χ3n) is 2.26. The highest BCUT2D eigenvalue weighted by atomic mass is 16.5. The van der Waals surface area contributed by atoms with Crippen molar-refractivity contribution in [1.29, 1.82) is 0 Å². The number of nitrogens with one attached hydrogen (secondary N) is 1. The number of nitrogens with zero attached hydrogens (tertiary/aromatic N) is 2. The highest BCUT2D eigenvalue weighted by Crippen LogP contribution is 2.20. The maximum atomic E-state index is 5.08. The average molecular weight is 221 g/mol. The van der Waals surface area contributed by atoms with Crippen molar-refractivity contribution in [2.75, 3.05) is 13.7 Å². The second-order valence-electron chi connectivity index (χ2n) is 3.72. The molecule has 0 saturated heterocycles. The molecule has 0 bridgehead atoms. The average Bonchev–Trinajstić information content (AvgIpc) is 2.29. The van der Waals surface area contributed by atoms with Crippen LogP contribution in [0.25, 0.3) is 0 Å². The molecule has 1 heterocycles. The van der Waals surface area contributed by atoms with Crippen LogP contribution in [0.3, 0.4) is 0 Å². The lowest BCUT2D eigenvalue weighted by molar-refractivity contribution is 0.394. The van der Waals surface area contributed by atoms with Gasteiger partial charge in [-0.05, 0) is 19.9 Å². The maximum Gasteiger partial charge on any atom is 0.216 e. The molecule has 1 unspecified atom stereocenters. The van der Waals surface area contributed by atoms with Gasteiger partial charge in [0.25, 0.3) is 0 Å². The maximum absolute atomic E-state index is 5.08. The minimum absolute atomic E-state index is 0.0665. The zero-order chi connectivity index (χ0) is 12.0. The number of aromatic nitrogens is 2. The Hall–Kier alpha value is -1.42. The summed E-state index contributed by atoms with van der Waals surface area (Å²) in [5, 5.41) is 3.39. The number of methoxy groups -OCH3 is 1. The van der Waals surface area contributed by atoms with E-state index in [0.717, 1.165) is 24.2 Å². The summed E-state index contributed by atoms with van der Waals surface area (Å²) in [6.45, 7) is 9.03. The van der Waals surface area contributed by atoms with E-state index in [9.17, 15) is 0 Å². The van der Waals surface area contributed by atoms with E-state index >= 15 is 0 Å². The summed E-state index contributed by atoms with van der Waals surface area (Å²) >= 11 is 0. The monoisotopic (exact) mass is 221 g/mol. The van der Waals surface area contributed by atoms with Crippen LogP contribution in [-0.2, 0) is 0 Å². The van der Waals surface area contributed by atoms with Crippen molar-refractivity contribution < 1.29 is 4.74 Å². The van der Waals surface area contributed by atoms with Gasteiger partial charge in [0.2, 0.25) is 5.88 Å². The lowest BCUT2D eigenvalue weighted by atomic mass is 10.1.